The molecule has 2 aliphatic rings. The molecule has 1 aromatic carbocycles. The second kappa shape index (κ2) is 5.17. The van der Waals surface area contributed by atoms with Crippen LogP contribution >= 0.6 is 0 Å². The first-order chi connectivity index (χ1) is 9.99. The van der Waals surface area contributed by atoms with Gasteiger partial charge in [0.25, 0.3) is 0 Å². The number of benzene rings is 1. The molecule has 1 heterocycles. The minimum Gasteiger partial charge on any atom is -0.342 e. The van der Waals surface area contributed by atoms with E-state index in [0.29, 0.717) is 0 Å². The first kappa shape index (κ1) is 14.1. The molecule has 2 atom stereocenters. The summed E-state index contributed by atoms with van der Waals surface area (Å²) in [6.45, 7) is 5.77. The number of nitrogens with zero attached hydrogens (tertiary/aromatic N) is 1. The Bertz CT molecular complexity index is 557. The van der Waals surface area contributed by atoms with Gasteiger partial charge in [0.15, 0.2) is 0 Å². The highest BCUT2D eigenvalue weighted by Gasteiger charge is 2.43. The Labute approximate surface area is 125 Å². The van der Waals surface area contributed by atoms with Crippen molar-refractivity contribution in [3.8, 4) is 0 Å². The van der Waals surface area contributed by atoms with Crippen LogP contribution in [0.1, 0.15) is 31.9 Å². The van der Waals surface area contributed by atoms with Crippen LogP contribution in [0.3, 0.4) is 0 Å². The molecule has 2 unspecified atom stereocenters. The summed E-state index contributed by atoms with van der Waals surface area (Å²) >= 11 is 0. The maximum atomic E-state index is 12.8. The topological polar surface area (TPSA) is 49.4 Å². The van der Waals surface area contributed by atoms with Gasteiger partial charge in [-0.05, 0) is 36.8 Å². The Hall–Kier alpha value is -1.84. The summed E-state index contributed by atoms with van der Waals surface area (Å²) in [6.07, 6.45) is 1.70. The van der Waals surface area contributed by atoms with E-state index in [4.69, 9.17) is 0 Å². The van der Waals surface area contributed by atoms with Gasteiger partial charge in [-0.2, -0.15) is 0 Å². The van der Waals surface area contributed by atoms with Crippen molar-refractivity contribution >= 4 is 11.8 Å². The number of nitrogens with one attached hydrogen (secondary N) is 1. The van der Waals surface area contributed by atoms with E-state index in [2.05, 4.69) is 17.4 Å². The maximum Gasteiger partial charge on any atom is 0.246 e. The molecule has 4 heteroatoms. The molecular weight excluding hydrogens is 264 g/mol. The van der Waals surface area contributed by atoms with E-state index in [1.807, 2.05) is 37.8 Å². The van der Waals surface area contributed by atoms with Gasteiger partial charge in [-0.1, -0.05) is 38.1 Å². The third-order valence-electron chi connectivity index (χ3n) is 4.70. The molecule has 1 N–H and O–H groups in total. The number of hydrogen-bond donors (Lipinski definition) is 1. The quantitative estimate of drug-likeness (QED) is 0.896. The largest absolute Gasteiger partial charge is 0.342 e. The zero-order valence-corrected chi connectivity index (χ0v) is 12.8. The molecule has 1 saturated heterocycles. The van der Waals surface area contributed by atoms with Crippen LogP contribution < -0.4 is 5.32 Å². The van der Waals surface area contributed by atoms with E-state index < -0.39 is 6.04 Å². The van der Waals surface area contributed by atoms with E-state index in [1.165, 1.54) is 11.1 Å². The third kappa shape index (κ3) is 2.33. The molecule has 112 valence electrons. The molecule has 0 spiro atoms. The molecule has 1 aliphatic heterocycles. The fraction of sp³-hybridized carbons (Fsp3) is 0.529. The van der Waals surface area contributed by atoms with E-state index in [0.717, 1.165) is 12.8 Å². The van der Waals surface area contributed by atoms with Gasteiger partial charge in [0.2, 0.25) is 11.8 Å². The summed E-state index contributed by atoms with van der Waals surface area (Å²) in [5.74, 6) is 0.138. The lowest BCUT2D eigenvalue weighted by Crippen LogP contribution is -2.66. The molecule has 3 rings (SSSR count). The Kier molecular flexibility index (Phi) is 3.47. The number of carbonyl (C=O) groups is 2. The second-order valence-electron chi connectivity index (χ2n) is 6.48. The maximum absolute atomic E-state index is 12.8. The lowest BCUT2D eigenvalue weighted by molar-refractivity contribution is -0.152. The van der Waals surface area contributed by atoms with E-state index in [1.54, 1.807) is 0 Å². The van der Waals surface area contributed by atoms with Crippen LogP contribution in [0.2, 0.25) is 0 Å². The fourth-order valence-electron chi connectivity index (χ4n) is 3.49. The monoisotopic (exact) mass is 286 g/mol. The highest BCUT2D eigenvalue weighted by atomic mass is 16.2. The van der Waals surface area contributed by atoms with Crippen LogP contribution in [-0.4, -0.2) is 34.8 Å². The molecule has 1 aliphatic carbocycles. The Morgan fingerprint density at radius 1 is 1.14 bits per heavy atom. The van der Waals surface area contributed by atoms with Crippen LogP contribution in [0.25, 0.3) is 0 Å². The highest BCUT2D eigenvalue weighted by molar-refractivity contribution is 5.97. The summed E-state index contributed by atoms with van der Waals surface area (Å²) in [7, 11) is 0. The van der Waals surface area contributed by atoms with Crippen molar-refractivity contribution in [2.75, 3.05) is 0 Å². The molecule has 1 aromatic rings. The van der Waals surface area contributed by atoms with Gasteiger partial charge in [-0.15, -0.1) is 0 Å². The Morgan fingerprint density at radius 2 is 1.71 bits per heavy atom. The summed E-state index contributed by atoms with van der Waals surface area (Å²) in [4.78, 5) is 26.8. The van der Waals surface area contributed by atoms with Crippen molar-refractivity contribution in [1.29, 1.82) is 0 Å². The van der Waals surface area contributed by atoms with Crippen molar-refractivity contribution in [2.45, 2.75) is 51.7 Å². The van der Waals surface area contributed by atoms with Crippen LogP contribution in [0.5, 0.6) is 0 Å². The smallest absolute Gasteiger partial charge is 0.246 e. The minimum absolute atomic E-state index is 0.0377. The first-order valence-electron chi connectivity index (χ1n) is 7.68. The van der Waals surface area contributed by atoms with E-state index >= 15 is 0 Å². The van der Waals surface area contributed by atoms with E-state index in [-0.39, 0.29) is 29.8 Å². The molecule has 4 nitrogen and oxygen atoms in total. The van der Waals surface area contributed by atoms with Gasteiger partial charge in [-0.25, -0.2) is 0 Å². The number of rotatable bonds is 2. The van der Waals surface area contributed by atoms with Gasteiger partial charge in [0.1, 0.15) is 12.1 Å². The predicted molar refractivity (Wildman–Crippen MR) is 80.7 cm³/mol. The lowest BCUT2D eigenvalue weighted by atomic mass is 9.96. The van der Waals surface area contributed by atoms with Crippen LogP contribution in [-0.2, 0) is 22.4 Å². The first-order valence-corrected chi connectivity index (χ1v) is 7.68. The molecule has 21 heavy (non-hydrogen) atoms. The van der Waals surface area contributed by atoms with E-state index in [9.17, 15) is 9.59 Å². The van der Waals surface area contributed by atoms with Crippen molar-refractivity contribution in [3.05, 3.63) is 35.4 Å². The van der Waals surface area contributed by atoms with Crippen molar-refractivity contribution in [3.63, 3.8) is 0 Å². The SMILES string of the molecule is CC(C)C1NC(=O)C(C)N(C2Cc3ccccc3C2)C1=O. The summed E-state index contributed by atoms with van der Waals surface area (Å²) in [5.41, 5.74) is 2.60. The lowest BCUT2D eigenvalue weighted by Gasteiger charge is -2.42. The molecule has 0 radical (unpaired) electrons. The van der Waals surface area contributed by atoms with Gasteiger partial charge >= 0.3 is 0 Å². The Morgan fingerprint density at radius 3 is 2.24 bits per heavy atom. The van der Waals surface area contributed by atoms with Gasteiger partial charge in [-0.3, -0.25) is 9.59 Å². The van der Waals surface area contributed by atoms with Crippen molar-refractivity contribution in [2.24, 2.45) is 5.92 Å². The zero-order chi connectivity index (χ0) is 15.1. The molecule has 0 saturated carbocycles. The van der Waals surface area contributed by atoms with Gasteiger partial charge in [0, 0.05) is 6.04 Å². The van der Waals surface area contributed by atoms with Crippen LogP contribution in [0.15, 0.2) is 24.3 Å². The highest BCUT2D eigenvalue weighted by Crippen LogP contribution is 2.29. The molecule has 1 fully saturated rings. The van der Waals surface area contributed by atoms with Crippen LogP contribution in [0, 0.1) is 5.92 Å². The average molecular weight is 286 g/mol. The summed E-state index contributed by atoms with van der Waals surface area (Å²) < 4.78 is 0. The molecular formula is C17H22N2O2. The number of fused-ring (bicyclic) bond motifs is 1. The fourth-order valence-corrected chi connectivity index (χ4v) is 3.49. The normalized spacial score (nSPS) is 26.2. The van der Waals surface area contributed by atoms with Crippen LogP contribution in [0.4, 0.5) is 0 Å². The van der Waals surface area contributed by atoms with Crippen molar-refractivity contribution in [1.82, 2.24) is 10.2 Å². The van der Waals surface area contributed by atoms with Crippen molar-refractivity contribution < 1.29 is 9.59 Å². The predicted octanol–water partition coefficient (Wildman–Crippen LogP) is 1.53. The minimum atomic E-state index is -0.391. The summed E-state index contributed by atoms with van der Waals surface area (Å²) in [6, 6.07) is 7.64. The number of piperazine rings is 1. The third-order valence-corrected chi connectivity index (χ3v) is 4.70. The average Bonchev–Trinajstić information content (AvgIpc) is 2.86. The van der Waals surface area contributed by atoms with Gasteiger partial charge < -0.3 is 10.2 Å². The molecule has 0 bridgehead atoms. The Balaban J connectivity index is 1.87. The standard InChI is InChI=1S/C17H22N2O2/c1-10(2)15-17(21)19(11(3)16(20)18-15)14-8-12-6-4-5-7-13(12)9-14/h4-7,10-11,14-15H,8-9H2,1-3H3,(H,18,20). The van der Waals surface area contributed by atoms with Gasteiger partial charge in [0.05, 0.1) is 0 Å². The molecule has 0 aromatic heterocycles. The number of amides is 2. The summed E-state index contributed by atoms with van der Waals surface area (Å²) in [5, 5.41) is 2.86. The zero-order valence-electron chi connectivity index (χ0n) is 12.8. The second-order valence-corrected chi connectivity index (χ2v) is 6.48. The number of hydrogen-bond acceptors (Lipinski definition) is 2. The number of carbonyl (C=O) groups excluding carboxylic acids is 2. The molecule has 2 amide bonds.